The van der Waals surface area contributed by atoms with E-state index in [1.54, 1.807) is 0 Å². The van der Waals surface area contributed by atoms with Crippen LogP contribution in [0.2, 0.25) is 5.02 Å². The molecule has 0 bridgehead atoms. The lowest BCUT2D eigenvalue weighted by Gasteiger charge is -2.31. The van der Waals surface area contributed by atoms with Gasteiger partial charge >= 0.3 is 0 Å². The van der Waals surface area contributed by atoms with E-state index in [4.69, 9.17) is 32.1 Å². The number of halogens is 1. The van der Waals surface area contributed by atoms with E-state index in [2.05, 4.69) is 23.6 Å². The summed E-state index contributed by atoms with van der Waals surface area (Å²) in [6.45, 7) is 0.515. The van der Waals surface area contributed by atoms with Gasteiger partial charge in [-0.3, -0.25) is 11.3 Å². The molecule has 0 spiro atoms. The normalized spacial score (nSPS) is 18.2. The summed E-state index contributed by atoms with van der Waals surface area (Å²) in [6, 6.07) is 24.2. The first-order chi connectivity index (χ1) is 17.2. The molecule has 2 unspecified atom stereocenters. The van der Waals surface area contributed by atoms with Crippen LogP contribution in [0.5, 0.6) is 5.75 Å². The van der Waals surface area contributed by atoms with Crippen molar-refractivity contribution in [1.82, 2.24) is 15.4 Å². The molecule has 5 nitrogen and oxygen atoms in total. The second-order valence-electron chi connectivity index (χ2n) is 8.97. The molecule has 35 heavy (non-hydrogen) atoms. The van der Waals surface area contributed by atoms with E-state index in [9.17, 15) is 0 Å². The molecule has 3 aromatic carbocycles. The van der Waals surface area contributed by atoms with Crippen molar-refractivity contribution in [2.45, 2.75) is 44.2 Å². The molecule has 3 N–H and O–H groups in total. The van der Waals surface area contributed by atoms with E-state index >= 15 is 0 Å². The molecule has 1 saturated carbocycles. The van der Waals surface area contributed by atoms with Crippen molar-refractivity contribution in [3.63, 3.8) is 0 Å². The van der Waals surface area contributed by atoms with Gasteiger partial charge in [-0.05, 0) is 60.4 Å². The number of rotatable bonds is 7. The highest BCUT2D eigenvalue weighted by Gasteiger charge is 2.29. The Morgan fingerprint density at radius 2 is 1.74 bits per heavy atom. The number of ether oxygens (including phenoxy) is 1. The number of hydrogen-bond acceptors (Lipinski definition) is 5. The summed E-state index contributed by atoms with van der Waals surface area (Å²) in [5.41, 5.74) is 7.14. The Morgan fingerprint density at radius 1 is 0.943 bits per heavy atom. The van der Waals surface area contributed by atoms with Gasteiger partial charge in [0.2, 0.25) is 0 Å². The summed E-state index contributed by atoms with van der Waals surface area (Å²) in [6.07, 6.45) is 8.37. The Labute approximate surface area is 211 Å². The maximum Gasteiger partial charge on any atom is 0.152 e. The quantitative estimate of drug-likeness (QED) is 0.230. The highest BCUT2D eigenvalue weighted by Crippen LogP contribution is 2.36. The molecular formula is C29H29ClN4O. The van der Waals surface area contributed by atoms with Crippen LogP contribution in [0.4, 0.5) is 0 Å². The van der Waals surface area contributed by atoms with Crippen molar-refractivity contribution >= 4 is 34.7 Å². The maximum absolute atomic E-state index is 6.12. The molecule has 2 atom stereocenters. The van der Waals surface area contributed by atoms with Gasteiger partial charge in [0.15, 0.2) is 5.82 Å². The highest BCUT2D eigenvalue weighted by molar-refractivity contribution is 6.30. The lowest BCUT2D eigenvalue weighted by Crippen LogP contribution is -2.41. The number of aromatic nitrogens is 2. The molecule has 1 heterocycles. The van der Waals surface area contributed by atoms with Crippen LogP contribution in [0.3, 0.4) is 0 Å². The minimum absolute atomic E-state index is 0.184. The van der Waals surface area contributed by atoms with Gasteiger partial charge in [-0.2, -0.15) is 0 Å². The summed E-state index contributed by atoms with van der Waals surface area (Å²) in [7, 11) is 0. The Balaban J connectivity index is 1.51. The number of nitrogens with zero attached hydrogens (tertiary/aromatic N) is 2. The fourth-order valence-corrected chi connectivity index (χ4v) is 4.87. The van der Waals surface area contributed by atoms with Crippen LogP contribution in [-0.2, 0) is 6.61 Å². The molecule has 0 amide bonds. The number of nitrogens with one attached hydrogen (secondary N) is 1. The van der Waals surface area contributed by atoms with Crippen LogP contribution in [0, 0.1) is 0 Å². The van der Waals surface area contributed by atoms with Gasteiger partial charge < -0.3 is 4.74 Å². The van der Waals surface area contributed by atoms with Gasteiger partial charge in [0.1, 0.15) is 12.4 Å². The zero-order chi connectivity index (χ0) is 24.0. The number of hydrogen-bond donors (Lipinski definition) is 2. The first-order valence-electron chi connectivity index (χ1n) is 12.1. The van der Waals surface area contributed by atoms with Crippen LogP contribution in [0.25, 0.3) is 23.1 Å². The molecule has 1 aliphatic carbocycles. The van der Waals surface area contributed by atoms with E-state index < -0.39 is 0 Å². The number of hydrazine groups is 1. The fraction of sp³-hybridized carbons (Fsp3) is 0.241. The van der Waals surface area contributed by atoms with E-state index in [1.165, 1.54) is 6.42 Å². The molecule has 4 aromatic rings. The standard InChI is InChI=1S/C29H29ClN4O/c30-22-13-10-20(11-14-22)12-17-28-32-26-16-15-23(35-19-21-6-2-1-3-7-21)18-25(26)29(33-28)24-8-4-5-9-27(24)34-31/h1-3,6-7,10-18,24,27,34H,4-5,8-9,19,31H2/b17-12-. The minimum Gasteiger partial charge on any atom is -0.489 e. The van der Waals surface area contributed by atoms with Crippen LogP contribution >= 0.6 is 11.6 Å². The van der Waals surface area contributed by atoms with E-state index in [1.807, 2.05) is 66.7 Å². The van der Waals surface area contributed by atoms with Gasteiger partial charge in [0, 0.05) is 22.4 Å². The first-order valence-corrected chi connectivity index (χ1v) is 12.5. The van der Waals surface area contributed by atoms with Crippen molar-refractivity contribution in [3.8, 4) is 5.75 Å². The van der Waals surface area contributed by atoms with Crippen molar-refractivity contribution in [3.05, 3.63) is 100 Å². The molecule has 1 aromatic heterocycles. The zero-order valence-corrected chi connectivity index (χ0v) is 20.3. The van der Waals surface area contributed by atoms with Gasteiger partial charge in [-0.1, -0.05) is 73.0 Å². The second kappa shape index (κ2) is 11.0. The van der Waals surface area contributed by atoms with Crippen LogP contribution < -0.4 is 16.0 Å². The average molecular weight is 485 g/mol. The van der Waals surface area contributed by atoms with Crippen molar-refractivity contribution < 1.29 is 4.74 Å². The third-order valence-corrected chi connectivity index (χ3v) is 6.84. The van der Waals surface area contributed by atoms with Gasteiger partial charge in [-0.15, -0.1) is 0 Å². The third-order valence-electron chi connectivity index (χ3n) is 6.59. The van der Waals surface area contributed by atoms with Crippen LogP contribution in [0.15, 0.2) is 72.8 Å². The molecular weight excluding hydrogens is 456 g/mol. The predicted octanol–water partition coefficient (Wildman–Crippen LogP) is 6.52. The van der Waals surface area contributed by atoms with Gasteiger partial charge in [0.25, 0.3) is 0 Å². The number of nitrogens with two attached hydrogens (primary N) is 1. The zero-order valence-electron chi connectivity index (χ0n) is 19.5. The van der Waals surface area contributed by atoms with Crippen molar-refractivity contribution in [1.29, 1.82) is 0 Å². The monoisotopic (exact) mass is 484 g/mol. The van der Waals surface area contributed by atoms with Crippen LogP contribution in [-0.4, -0.2) is 16.0 Å². The summed E-state index contributed by atoms with van der Waals surface area (Å²) < 4.78 is 6.12. The second-order valence-corrected chi connectivity index (χ2v) is 9.41. The van der Waals surface area contributed by atoms with Crippen molar-refractivity contribution in [2.24, 2.45) is 5.84 Å². The minimum atomic E-state index is 0.184. The lowest BCUT2D eigenvalue weighted by atomic mass is 9.81. The van der Waals surface area contributed by atoms with E-state index in [0.717, 1.165) is 52.7 Å². The first kappa shape index (κ1) is 23.5. The Hall–Kier alpha value is -3.25. The molecule has 1 aliphatic rings. The summed E-state index contributed by atoms with van der Waals surface area (Å²) >= 11 is 6.02. The predicted molar refractivity (Wildman–Crippen MR) is 143 cm³/mol. The average Bonchev–Trinajstić information content (AvgIpc) is 2.91. The van der Waals surface area contributed by atoms with Gasteiger partial charge in [-0.25, -0.2) is 9.97 Å². The smallest absolute Gasteiger partial charge is 0.152 e. The number of benzene rings is 3. The molecule has 0 radical (unpaired) electrons. The summed E-state index contributed by atoms with van der Waals surface area (Å²) in [4.78, 5) is 9.88. The summed E-state index contributed by atoms with van der Waals surface area (Å²) in [5, 5.41) is 1.74. The Morgan fingerprint density at radius 3 is 2.54 bits per heavy atom. The van der Waals surface area contributed by atoms with E-state index in [0.29, 0.717) is 17.5 Å². The Kier molecular flexibility index (Phi) is 7.38. The Bertz CT molecular complexity index is 1310. The third kappa shape index (κ3) is 5.70. The fourth-order valence-electron chi connectivity index (χ4n) is 4.74. The largest absolute Gasteiger partial charge is 0.489 e. The van der Waals surface area contributed by atoms with E-state index in [-0.39, 0.29) is 12.0 Å². The van der Waals surface area contributed by atoms with Crippen LogP contribution in [0.1, 0.15) is 54.2 Å². The summed E-state index contributed by atoms with van der Waals surface area (Å²) in [5.74, 6) is 7.66. The molecule has 0 aliphatic heterocycles. The van der Waals surface area contributed by atoms with Gasteiger partial charge in [0.05, 0.1) is 11.2 Å². The molecule has 1 fully saturated rings. The molecule has 0 saturated heterocycles. The highest BCUT2D eigenvalue weighted by atomic mass is 35.5. The molecule has 178 valence electrons. The maximum atomic E-state index is 6.12. The van der Waals surface area contributed by atoms with Crippen molar-refractivity contribution in [2.75, 3.05) is 0 Å². The topological polar surface area (TPSA) is 73.1 Å². The number of fused-ring (bicyclic) bond motifs is 1. The lowest BCUT2D eigenvalue weighted by molar-refractivity contribution is 0.306. The SMILES string of the molecule is NNC1CCCCC1c1nc(/C=C\c2ccc(Cl)cc2)nc2ccc(OCc3ccccc3)cc12. The molecule has 5 rings (SSSR count). The molecule has 6 heteroatoms.